The SMILES string of the molecule is C#CCn1c(=NC(=O)CS(=O)(=O)CC(=O)N2CCCCCC2)sc2cc(OC)ccc21. The Morgan fingerprint density at radius 1 is 1.19 bits per heavy atom. The first-order valence-electron chi connectivity index (χ1n) is 9.99. The summed E-state index contributed by atoms with van der Waals surface area (Å²) in [7, 11) is -2.37. The van der Waals surface area contributed by atoms with Crippen molar-refractivity contribution in [2.45, 2.75) is 32.2 Å². The number of rotatable bonds is 6. The molecule has 0 bridgehead atoms. The Morgan fingerprint density at radius 2 is 1.90 bits per heavy atom. The molecule has 3 rings (SSSR count). The van der Waals surface area contributed by atoms with Crippen LogP contribution in [0.15, 0.2) is 23.2 Å². The number of terminal acetylenes is 1. The topological polar surface area (TPSA) is 98.0 Å². The zero-order chi connectivity index (χ0) is 22.4. The number of carbonyl (C=O) groups excluding carboxylic acids is 2. The van der Waals surface area contributed by atoms with Gasteiger partial charge in [-0.15, -0.1) is 6.42 Å². The van der Waals surface area contributed by atoms with Crippen molar-refractivity contribution in [2.24, 2.45) is 4.99 Å². The number of carbonyl (C=O) groups is 2. The summed E-state index contributed by atoms with van der Waals surface area (Å²) >= 11 is 1.22. The van der Waals surface area contributed by atoms with Crippen LogP contribution in [0.1, 0.15) is 25.7 Å². The van der Waals surface area contributed by atoms with E-state index < -0.39 is 33.2 Å². The van der Waals surface area contributed by atoms with E-state index in [1.54, 1.807) is 28.7 Å². The number of likely N-dealkylation sites (tertiary alicyclic amines) is 1. The molecule has 2 amide bonds. The molecule has 10 heteroatoms. The van der Waals surface area contributed by atoms with E-state index in [0.717, 1.165) is 35.9 Å². The van der Waals surface area contributed by atoms with Crippen molar-refractivity contribution in [1.29, 1.82) is 0 Å². The zero-order valence-corrected chi connectivity index (χ0v) is 19.0. The fourth-order valence-corrected chi connectivity index (χ4v) is 5.66. The lowest BCUT2D eigenvalue weighted by Crippen LogP contribution is -2.37. The van der Waals surface area contributed by atoms with Crippen LogP contribution in [0.4, 0.5) is 0 Å². The number of nitrogens with zero attached hydrogens (tertiary/aromatic N) is 3. The standard InChI is InChI=1S/C21H25N3O5S2/c1-3-10-24-17-9-8-16(29-2)13-18(17)30-21(24)22-19(25)14-31(27,28)15-20(26)23-11-6-4-5-7-12-23/h1,8-9,13H,4-7,10-12,14-15H2,2H3. The molecule has 1 aromatic heterocycles. The number of hydrogen-bond acceptors (Lipinski definition) is 6. The van der Waals surface area contributed by atoms with Gasteiger partial charge in [0.25, 0.3) is 5.91 Å². The van der Waals surface area contributed by atoms with Crippen LogP contribution < -0.4 is 9.54 Å². The third-order valence-electron chi connectivity index (χ3n) is 5.01. The van der Waals surface area contributed by atoms with Crippen molar-refractivity contribution >= 4 is 43.2 Å². The second-order valence-electron chi connectivity index (χ2n) is 7.34. The van der Waals surface area contributed by atoms with E-state index in [2.05, 4.69) is 10.9 Å². The number of sulfone groups is 1. The molecule has 0 N–H and O–H groups in total. The minimum Gasteiger partial charge on any atom is -0.497 e. The van der Waals surface area contributed by atoms with Gasteiger partial charge in [0.1, 0.15) is 17.3 Å². The second-order valence-corrected chi connectivity index (χ2v) is 10.4. The number of ether oxygens (including phenoxy) is 1. The van der Waals surface area contributed by atoms with Gasteiger partial charge in [-0.1, -0.05) is 30.1 Å². The maximum absolute atomic E-state index is 12.5. The molecule has 31 heavy (non-hydrogen) atoms. The van der Waals surface area contributed by atoms with Crippen LogP contribution in [0.3, 0.4) is 0 Å². The molecule has 0 atom stereocenters. The monoisotopic (exact) mass is 463 g/mol. The maximum Gasteiger partial charge on any atom is 0.263 e. The molecular formula is C21H25N3O5S2. The smallest absolute Gasteiger partial charge is 0.263 e. The van der Waals surface area contributed by atoms with Gasteiger partial charge in [0.05, 0.1) is 23.9 Å². The Morgan fingerprint density at radius 3 is 2.55 bits per heavy atom. The average molecular weight is 464 g/mol. The Balaban J connectivity index is 1.79. The summed E-state index contributed by atoms with van der Waals surface area (Å²) < 4.78 is 32.6. The highest BCUT2D eigenvalue weighted by Crippen LogP contribution is 2.23. The van der Waals surface area contributed by atoms with E-state index >= 15 is 0 Å². The molecule has 1 aromatic carbocycles. The van der Waals surface area contributed by atoms with Crippen molar-refractivity contribution in [3.63, 3.8) is 0 Å². The van der Waals surface area contributed by atoms with Gasteiger partial charge in [-0.3, -0.25) is 9.59 Å². The number of hydrogen-bond donors (Lipinski definition) is 0. The highest BCUT2D eigenvalue weighted by atomic mass is 32.2. The molecule has 2 aromatic rings. The molecule has 166 valence electrons. The van der Waals surface area contributed by atoms with Gasteiger partial charge in [0.2, 0.25) is 5.91 Å². The molecule has 1 fully saturated rings. The van der Waals surface area contributed by atoms with Crippen molar-refractivity contribution in [2.75, 3.05) is 31.7 Å². The molecular weight excluding hydrogens is 438 g/mol. The van der Waals surface area contributed by atoms with Crippen molar-refractivity contribution in [1.82, 2.24) is 9.47 Å². The van der Waals surface area contributed by atoms with E-state index in [-0.39, 0.29) is 6.54 Å². The normalized spacial score (nSPS) is 15.5. The van der Waals surface area contributed by atoms with Crippen LogP contribution in [0.25, 0.3) is 10.2 Å². The largest absolute Gasteiger partial charge is 0.497 e. The van der Waals surface area contributed by atoms with E-state index in [9.17, 15) is 18.0 Å². The zero-order valence-electron chi connectivity index (χ0n) is 17.4. The van der Waals surface area contributed by atoms with Gasteiger partial charge in [-0.05, 0) is 31.0 Å². The molecule has 2 heterocycles. The quantitative estimate of drug-likeness (QED) is 0.606. The minimum atomic E-state index is -3.93. The van der Waals surface area contributed by atoms with Gasteiger partial charge >= 0.3 is 0 Å². The van der Waals surface area contributed by atoms with Gasteiger partial charge in [0.15, 0.2) is 14.6 Å². The second kappa shape index (κ2) is 10.1. The molecule has 0 saturated carbocycles. The number of aromatic nitrogens is 1. The number of fused-ring (bicyclic) bond motifs is 1. The maximum atomic E-state index is 12.5. The molecule has 0 unspecified atom stereocenters. The summed E-state index contributed by atoms with van der Waals surface area (Å²) in [6.07, 6.45) is 9.25. The molecule has 0 aliphatic carbocycles. The average Bonchev–Trinajstić information content (AvgIpc) is 2.88. The summed E-state index contributed by atoms with van der Waals surface area (Å²) in [4.78, 5) is 30.7. The molecule has 1 aliphatic heterocycles. The van der Waals surface area contributed by atoms with E-state index in [0.29, 0.717) is 23.6 Å². The van der Waals surface area contributed by atoms with Gasteiger partial charge in [-0.2, -0.15) is 4.99 Å². The first-order valence-corrected chi connectivity index (χ1v) is 12.6. The Hall–Kier alpha value is -2.64. The lowest BCUT2D eigenvalue weighted by molar-refractivity contribution is -0.128. The van der Waals surface area contributed by atoms with Crippen molar-refractivity contribution in [3.05, 3.63) is 23.0 Å². The van der Waals surface area contributed by atoms with Gasteiger partial charge in [-0.25, -0.2) is 8.42 Å². The van der Waals surface area contributed by atoms with Crippen LogP contribution in [0, 0.1) is 12.3 Å². The molecule has 1 saturated heterocycles. The first-order chi connectivity index (χ1) is 14.8. The third kappa shape index (κ3) is 5.95. The number of benzene rings is 1. The number of methoxy groups -OCH3 is 1. The Labute approximate surface area is 185 Å². The van der Waals surface area contributed by atoms with Gasteiger partial charge in [0, 0.05) is 13.1 Å². The fourth-order valence-electron chi connectivity index (χ4n) is 3.49. The number of thiazole rings is 1. The summed E-state index contributed by atoms with van der Waals surface area (Å²) in [5.74, 6) is 0.390. The number of amides is 2. The third-order valence-corrected chi connectivity index (χ3v) is 7.42. The highest BCUT2D eigenvalue weighted by Gasteiger charge is 2.25. The first kappa shape index (κ1) is 23.0. The van der Waals surface area contributed by atoms with Crippen molar-refractivity contribution in [3.8, 4) is 18.1 Å². The summed E-state index contributed by atoms with van der Waals surface area (Å²) in [5.41, 5.74) is 0.773. The van der Waals surface area contributed by atoms with E-state index in [4.69, 9.17) is 11.2 Å². The van der Waals surface area contributed by atoms with E-state index in [1.807, 2.05) is 6.07 Å². The van der Waals surface area contributed by atoms with E-state index in [1.165, 1.54) is 11.3 Å². The van der Waals surface area contributed by atoms with Crippen LogP contribution >= 0.6 is 11.3 Å². The lowest BCUT2D eigenvalue weighted by Gasteiger charge is -2.19. The Kier molecular flexibility index (Phi) is 7.51. The van der Waals surface area contributed by atoms with Crippen molar-refractivity contribution < 1.29 is 22.7 Å². The lowest BCUT2D eigenvalue weighted by atomic mass is 10.2. The highest BCUT2D eigenvalue weighted by molar-refractivity contribution is 7.92. The van der Waals surface area contributed by atoms with Crippen LogP contribution in [0.2, 0.25) is 0 Å². The summed E-state index contributed by atoms with van der Waals surface area (Å²) in [6, 6.07) is 5.38. The minimum absolute atomic E-state index is 0.179. The molecule has 0 radical (unpaired) electrons. The van der Waals surface area contributed by atoms with Gasteiger partial charge < -0.3 is 14.2 Å². The van der Waals surface area contributed by atoms with Crippen LogP contribution in [0.5, 0.6) is 5.75 Å². The van der Waals surface area contributed by atoms with Crippen LogP contribution in [-0.4, -0.2) is 61.4 Å². The molecule has 1 aliphatic rings. The predicted molar refractivity (Wildman–Crippen MR) is 119 cm³/mol. The summed E-state index contributed by atoms with van der Waals surface area (Å²) in [5, 5.41) is 0. The summed E-state index contributed by atoms with van der Waals surface area (Å²) in [6.45, 7) is 1.30. The Bertz CT molecular complexity index is 1180. The molecule has 8 nitrogen and oxygen atoms in total. The predicted octanol–water partition coefficient (Wildman–Crippen LogP) is 1.59. The fraction of sp³-hybridized carbons (Fsp3) is 0.476. The molecule has 0 spiro atoms. The van der Waals surface area contributed by atoms with Crippen LogP contribution in [-0.2, 0) is 26.0 Å².